The van der Waals surface area contributed by atoms with Crippen LogP contribution < -0.4 is 20.1 Å². The Morgan fingerprint density at radius 1 is 1.06 bits per heavy atom. The fraction of sp³-hybridized carbons (Fsp3) is 0.464. The molecule has 1 aromatic heterocycles. The Morgan fingerprint density at radius 3 is 2.19 bits per heavy atom. The molecule has 1 aliphatic rings. The Bertz CT molecular complexity index is 1120. The van der Waals surface area contributed by atoms with E-state index in [2.05, 4.69) is 58.1 Å². The number of para-hydroxylation sites is 1. The third-order valence-corrected chi connectivity index (χ3v) is 6.80. The number of H-pyrrole nitrogens is 1. The number of aryl methyl sites for hydroxylation is 1. The lowest BCUT2D eigenvalue weighted by molar-refractivity contribution is -0.139. The minimum absolute atomic E-state index is 0.0208. The number of piperazine rings is 1. The number of nitrogens with zero attached hydrogens (tertiary/aromatic N) is 2. The van der Waals surface area contributed by atoms with Crippen molar-refractivity contribution in [2.75, 3.05) is 51.8 Å². The summed E-state index contributed by atoms with van der Waals surface area (Å²) in [4.78, 5) is 18.6. The second-order valence-electron chi connectivity index (χ2n) is 9.50. The summed E-state index contributed by atoms with van der Waals surface area (Å²) in [6.45, 7) is 11.2. The molecule has 0 bridgehead atoms. The van der Waals surface area contributed by atoms with E-state index in [1.807, 2.05) is 6.07 Å². The van der Waals surface area contributed by atoms with Crippen LogP contribution in [0.3, 0.4) is 0 Å². The normalized spacial score (nSPS) is 14.9. The van der Waals surface area contributed by atoms with Crippen molar-refractivity contribution < 1.29 is 19.4 Å². The van der Waals surface area contributed by atoms with Gasteiger partial charge in [0, 0.05) is 61.1 Å². The maximum atomic E-state index is 10.0. The first-order valence-electron chi connectivity index (χ1n) is 12.5. The Balaban J connectivity index is 0.000000392. The predicted octanol–water partition coefficient (Wildman–Crippen LogP) is 3.91. The lowest BCUT2D eigenvalue weighted by Crippen LogP contribution is -2.47. The lowest BCUT2D eigenvalue weighted by atomic mass is 10.1. The molecule has 0 radical (unpaired) electrons. The molecule has 2 heterocycles. The first-order chi connectivity index (χ1) is 17.2. The Labute approximate surface area is 214 Å². The van der Waals surface area contributed by atoms with Gasteiger partial charge in [-0.05, 0) is 43.0 Å². The molecule has 1 fully saturated rings. The summed E-state index contributed by atoms with van der Waals surface area (Å²) in [7, 11) is 3.37. The van der Waals surface area contributed by atoms with Crippen molar-refractivity contribution in [3.63, 3.8) is 0 Å². The molecule has 0 aliphatic carbocycles. The first-order valence-corrected chi connectivity index (χ1v) is 12.5. The third-order valence-electron chi connectivity index (χ3n) is 6.80. The molecular formula is C28H40N4O4. The maximum Gasteiger partial charge on any atom is 0.320 e. The number of aromatic nitrogens is 1. The zero-order valence-corrected chi connectivity index (χ0v) is 22.1. The maximum absolute atomic E-state index is 10.0. The van der Waals surface area contributed by atoms with Crippen molar-refractivity contribution in [2.24, 2.45) is 11.7 Å². The number of aromatic amines is 1. The summed E-state index contributed by atoms with van der Waals surface area (Å²) in [5.74, 6) is 0.638. The fourth-order valence-corrected chi connectivity index (χ4v) is 4.46. The summed E-state index contributed by atoms with van der Waals surface area (Å²) in [6, 6.07) is 14.1. The number of hydrogen-bond acceptors (Lipinski definition) is 6. The van der Waals surface area contributed by atoms with Crippen LogP contribution in [0.15, 0.2) is 42.5 Å². The average molecular weight is 497 g/mol. The topological polar surface area (TPSA) is 104 Å². The van der Waals surface area contributed by atoms with Crippen LogP contribution in [0.5, 0.6) is 11.5 Å². The Morgan fingerprint density at radius 2 is 1.67 bits per heavy atom. The molecule has 8 heteroatoms. The van der Waals surface area contributed by atoms with Crippen molar-refractivity contribution in [3.8, 4) is 11.5 Å². The summed E-state index contributed by atoms with van der Waals surface area (Å²) >= 11 is 0. The quantitative estimate of drug-likeness (QED) is 0.434. The van der Waals surface area contributed by atoms with Crippen LogP contribution in [0, 0.1) is 12.8 Å². The van der Waals surface area contributed by atoms with Crippen molar-refractivity contribution in [1.29, 1.82) is 0 Å². The van der Waals surface area contributed by atoms with Gasteiger partial charge in [-0.3, -0.25) is 9.69 Å². The molecule has 4 rings (SSSR count). The van der Waals surface area contributed by atoms with E-state index in [1.165, 1.54) is 22.3 Å². The average Bonchev–Trinajstić information content (AvgIpc) is 3.20. The third kappa shape index (κ3) is 6.71. The van der Waals surface area contributed by atoms with Crippen LogP contribution in [0.2, 0.25) is 0 Å². The Hall–Kier alpha value is -3.23. The summed E-state index contributed by atoms with van der Waals surface area (Å²) in [5.41, 5.74) is 10.2. The number of carbonyl (C=O) groups is 1. The van der Waals surface area contributed by atoms with Gasteiger partial charge in [0.2, 0.25) is 0 Å². The molecule has 1 saturated heterocycles. The molecule has 4 N–H and O–H groups in total. The minimum Gasteiger partial charge on any atom is -0.493 e. The number of carboxylic acids is 1. The second kappa shape index (κ2) is 12.6. The zero-order valence-electron chi connectivity index (χ0n) is 22.1. The van der Waals surface area contributed by atoms with Crippen molar-refractivity contribution in [2.45, 2.75) is 33.2 Å². The first kappa shape index (κ1) is 27.4. The molecule has 0 amide bonds. The number of ether oxygens (including phenoxy) is 2. The van der Waals surface area contributed by atoms with Crippen molar-refractivity contribution in [1.82, 2.24) is 9.88 Å². The largest absolute Gasteiger partial charge is 0.493 e. The Kier molecular flexibility index (Phi) is 9.61. The molecule has 36 heavy (non-hydrogen) atoms. The number of nitrogens with one attached hydrogen (secondary N) is 1. The highest BCUT2D eigenvalue weighted by Crippen LogP contribution is 2.34. The van der Waals surface area contributed by atoms with Gasteiger partial charge in [0.1, 0.15) is 6.04 Å². The van der Waals surface area contributed by atoms with Gasteiger partial charge >= 0.3 is 5.97 Å². The number of rotatable bonds is 8. The van der Waals surface area contributed by atoms with Gasteiger partial charge in [0.25, 0.3) is 0 Å². The summed E-state index contributed by atoms with van der Waals surface area (Å²) in [5, 5.41) is 9.46. The van der Waals surface area contributed by atoms with Gasteiger partial charge < -0.3 is 30.2 Å². The molecule has 3 aromatic rings. The number of methoxy groups -OCH3 is 2. The minimum atomic E-state index is -0.931. The van der Waals surface area contributed by atoms with Gasteiger partial charge in [0.15, 0.2) is 11.5 Å². The zero-order chi connectivity index (χ0) is 26.2. The van der Waals surface area contributed by atoms with Gasteiger partial charge in [0.05, 0.1) is 14.2 Å². The number of carboxylic acid groups (broad SMARTS) is 1. The SMILES string of the molecule is CC(C)[C@H](N)C(=O)O.COc1cc2[nH]c(C)c(CCN3CCN(c4ccccc4)CC3)c2cc1OC. The lowest BCUT2D eigenvalue weighted by Gasteiger charge is -2.36. The number of fused-ring (bicyclic) bond motifs is 1. The molecule has 0 saturated carbocycles. The molecular weight excluding hydrogens is 456 g/mol. The molecule has 0 unspecified atom stereocenters. The highest BCUT2D eigenvalue weighted by Gasteiger charge is 2.19. The molecule has 0 spiro atoms. The number of aliphatic carboxylic acids is 1. The van der Waals surface area contributed by atoms with E-state index in [1.54, 1.807) is 28.1 Å². The van der Waals surface area contributed by atoms with Gasteiger partial charge in [-0.2, -0.15) is 0 Å². The van der Waals surface area contributed by atoms with E-state index in [0.717, 1.165) is 56.2 Å². The van der Waals surface area contributed by atoms with E-state index >= 15 is 0 Å². The predicted molar refractivity (Wildman–Crippen MR) is 145 cm³/mol. The van der Waals surface area contributed by atoms with Gasteiger partial charge in [-0.15, -0.1) is 0 Å². The van der Waals surface area contributed by atoms with Crippen LogP contribution in [-0.2, 0) is 11.2 Å². The number of hydrogen-bond donors (Lipinski definition) is 3. The van der Waals surface area contributed by atoms with E-state index in [9.17, 15) is 4.79 Å². The standard InChI is InChI=1S/C23H29N3O2.C5H11NO2/c1-17-19(20-15-22(27-2)23(28-3)16-21(20)24-17)9-10-25-11-13-26(14-12-25)18-7-5-4-6-8-18;1-3(2)4(6)5(7)8/h4-8,15-16,24H,9-14H2,1-3H3;3-4H,6H2,1-2H3,(H,7,8)/t;4-/m.0/s1. The summed E-state index contributed by atoms with van der Waals surface area (Å²) < 4.78 is 10.9. The molecule has 1 aliphatic heterocycles. The monoisotopic (exact) mass is 496 g/mol. The number of nitrogens with two attached hydrogens (primary N) is 1. The second-order valence-corrected chi connectivity index (χ2v) is 9.50. The smallest absolute Gasteiger partial charge is 0.320 e. The number of benzene rings is 2. The molecule has 2 aromatic carbocycles. The summed E-state index contributed by atoms with van der Waals surface area (Å²) in [6.07, 6.45) is 1.03. The van der Waals surface area contributed by atoms with Crippen LogP contribution >= 0.6 is 0 Å². The van der Waals surface area contributed by atoms with Gasteiger partial charge in [-0.1, -0.05) is 32.0 Å². The molecule has 196 valence electrons. The van der Waals surface area contributed by atoms with Crippen LogP contribution in [0.4, 0.5) is 5.69 Å². The van der Waals surface area contributed by atoms with E-state index in [0.29, 0.717) is 0 Å². The van der Waals surface area contributed by atoms with Crippen LogP contribution in [0.1, 0.15) is 25.1 Å². The van der Waals surface area contributed by atoms with Crippen LogP contribution in [0.25, 0.3) is 10.9 Å². The van der Waals surface area contributed by atoms with E-state index in [-0.39, 0.29) is 5.92 Å². The fourth-order valence-electron chi connectivity index (χ4n) is 4.46. The number of anilines is 1. The van der Waals surface area contributed by atoms with E-state index < -0.39 is 12.0 Å². The van der Waals surface area contributed by atoms with Crippen LogP contribution in [-0.4, -0.2) is 73.9 Å². The van der Waals surface area contributed by atoms with Crippen molar-refractivity contribution >= 4 is 22.6 Å². The highest BCUT2D eigenvalue weighted by molar-refractivity contribution is 5.88. The molecule has 8 nitrogen and oxygen atoms in total. The highest BCUT2D eigenvalue weighted by atomic mass is 16.5. The van der Waals surface area contributed by atoms with E-state index in [4.69, 9.17) is 20.3 Å². The van der Waals surface area contributed by atoms with Crippen molar-refractivity contribution in [3.05, 3.63) is 53.7 Å². The molecule has 1 atom stereocenters. The van der Waals surface area contributed by atoms with Gasteiger partial charge in [-0.25, -0.2) is 0 Å².